The summed E-state index contributed by atoms with van der Waals surface area (Å²) in [6.07, 6.45) is 14.7. The van der Waals surface area contributed by atoms with Crippen molar-refractivity contribution in [2.24, 2.45) is 4.99 Å². The van der Waals surface area contributed by atoms with E-state index in [0.29, 0.717) is 13.2 Å². The Labute approximate surface area is 197 Å². The van der Waals surface area contributed by atoms with Gasteiger partial charge < -0.3 is 10.1 Å². The third kappa shape index (κ3) is 10.5. The Hall–Kier alpha value is -2.79. The zero-order chi connectivity index (χ0) is 23.8. The molecular formula is C27H36N2O2S. The lowest BCUT2D eigenvalue weighted by Crippen LogP contribution is -2.37. The Morgan fingerprint density at radius 3 is 2.59 bits per heavy atom. The molecule has 0 aliphatic rings. The van der Waals surface area contributed by atoms with Crippen molar-refractivity contribution in [2.75, 3.05) is 19.4 Å². The molecule has 1 amide bonds. The molecule has 0 aliphatic heterocycles. The number of benzene rings is 1. The van der Waals surface area contributed by atoms with Crippen molar-refractivity contribution in [3.05, 3.63) is 90.6 Å². The van der Waals surface area contributed by atoms with Gasteiger partial charge in [0.25, 0.3) is 0 Å². The summed E-state index contributed by atoms with van der Waals surface area (Å²) < 4.78 is 5.72. The van der Waals surface area contributed by atoms with Crippen LogP contribution in [0.3, 0.4) is 0 Å². The van der Waals surface area contributed by atoms with Crippen LogP contribution >= 0.6 is 11.8 Å². The van der Waals surface area contributed by atoms with Gasteiger partial charge in [-0.2, -0.15) is 0 Å². The molecule has 1 rings (SSSR count). The first-order chi connectivity index (χ1) is 15.4. The average molecular weight is 453 g/mol. The van der Waals surface area contributed by atoms with Crippen molar-refractivity contribution in [1.82, 2.24) is 5.32 Å². The summed E-state index contributed by atoms with van der Waals surface area (Å²) in [5.41, 5.74) is 2.72. The summed E-state index contributed by atoms with van der Waals surface area (Å²) in [6.45, 7) is 15.0. The van der Waals surface area contributed by atoms with Crippen molar-refractivity contribution in [1.29, 1.82) is 0 Å². The van der Waals surface area contributed by atoms with Crippen LogP contribution in [0.4, 0.5) is 0 Å². The number of carbonyl (C=O) groups is 1. The molecule has 5 heteroatoms. The van der Waals surface area contributed by atoms with Crippen molar-refractivity contribution in [3.63, 3.8) is 0 Å². The molecule has 0 fully saturated rings. The zero-order valence-corrected chi connectivity index (χ0v) is 20.6. The molecule has 0 bridgehead atoms. The van der Waals surface area contributed by atoms with Crippen LogP contribution in [0.1, 0.15) is 32.8 Å². The van der Waals surface area contributed by atoms with Crippen LogP contribution in [0.2, 0.25) is 0 Å². The number of aliphatic imine (C=N–C) groups is 1. The number of hydrogen-bond donors (Lipinski definition) is 1. The molecule has 4 nitrogen and oxygen atoms in total. The van der Waals surface area contributed by atoms with Gasteiger partial charge in [0.2, 0.25) is 5.91 Å². The highest BCUT2D eigenvalue weighted by Gasteiger charge is 2.17. The second-order valence-electron chi connectivity index (χ2n) is 7.04. The minimum atomic E-state index is -0.292. The first-order valence-electron chi connectivity index (χ1n) is 10.8. The van der Waals surface area contributed by atoms with Gasteiger partial charge in [-0.25, -0.2) is 0 Å². The highest BCUT2D eigenvalue weighted by Crippen LogP contribution is 2.16. The van der Waals surface area contributed by atoms with E-state index in [-0.39, 0.29) is 18.4 Å². The molecule has 172 valence electrons. The Morgan fingerprint density at radius 1 is 1.28 bits per heavy atom. The van der Waals surface area contributed by atoms with Crippen LogP contribution in [-0.2, 0) is 11.2 Å². The van der Waals surface area contributed by atoms with Crippen molar-refractivity contribution < 1.29 is 9.53 Å². The van der Waals surface area contributed by atoms with E-state index in [1.807, 2.05) is 68.7 Å². The molecule has 1 atom stereocenters. The molecule has 0 heterocycles. The predicted molar refractivity (Wildman–Crippen MR) is 141 cm³/mol. The van der Waals surface area contributed by atoms with Gasteiger partial charge in [0.1, 0.15) is 12.4 Å². The largest absolute Gasteiger partial charge is 0.492 e. The maximum absolute atomic E-state index is 12.8. The van der Waals surface area contributed by atoms with Crippen LogP contribution < -0.4 is 10.1 Å². The van der Waals surface area contributed by atoms with Gasteiger partial charge in [0.15, 0.2) is 0 Å². The lowest BCUT2D eigenvalue weighted by Gasteiger charge is -2.21. The monoisotopic (exact) mass is 452 g/mol. The van der Waals surface area contributed by atoms with Crippen molar-refractivity contribution in [2.45, 2.75) is 39.7 Å². The lowest BCUT2D eigenvalue weighted by molar-refractivity contribution is -0.120. The Kier molecular flexibility index (Phi) is 13.6. The van der Waals surface area contributed by atoms with Crippen LogP contribution in [-0.4, -0.2) is 36.4 Å². The first-order valence-corrected chi connectivity index (χ1v) is 12.0. The molecule has 0 saturated carbocycles. The second-order valence-corrected chi connectivity index (χ2v) is 8.04. The maximum Gasteiger partial charge on any atom is 0.225 e. The van der Waals surface area contributed by atoms with E-state index in [1.54, 1.807) is 17.8 Å². The third-order valence-electron chi connectivity index (χ3n) is 4.61. The van der Waals surface area contributed by atoms with Gasteiger partial charge in [0.05, 0.1) is 24.1 Å². The maximum atomic E-state index is 12.8. The number of allylic oxidation sites excluding steroid dienone is 4. The summed E-state index contributed by atoms with van der Waals surface area (Å²) in [5, 5.41) is 4.16. The zero-order valence-electron chi connectivity index (χ0n) is 19.8. The highest BCUT2D eigenvalue weighted by atomic mass is 32.2. The molecule has 32 heavy (non-hydrogen) atoms. The summed E-state index contributed by atoms with van der Waals surface area (Å²) in [5.74, 6) is 0.704. The van der Waals surface area contributed by atoms with Gasteiger partial charge in [-0.05, 0) is 55.4 Å². The summed E-state index contributed by atoms with van der Waals surface area (Å²) in [6, 6.07) is 7.32. The molecule has 1 unspecified atom stereocenters. The van der Waals surface area contributed by atoms with Crippen LogP contribution in [0.25, 0.3) is 0 Å². The van der Waals surface area contributed by atoms with Crippen molar-refractivity contribution in [3.8, 4) is 5.75 Å². The molecule has 1 aromatic carbocycles. The molecule has 0 saturated heterocycles. The Morgan fingerprint density at radius 2 is 2.00 bits per heavy atom. The molecular weight excluding hydrogens is 416 g/mol. The summed E-state index contributed by atoms with van der Waals surface area (Å²) >= 11 is 1.63. The SMILES string of the molecule is C=C/C=C\C(=C)C(NC(=O)Cc1ccc(OCCN=C(C)SC)cc1)C(/C=C\CC)=C/C. The Balaban J connectivity index is 2.76. The molecule has 0 aromatic heterocycles. The fourth-order valence-electron chi connectivity index (χ4n) is 2.82. The minimum absolute atomic E-state index is 0.0667. The van der Waals surface area contributed by atoms with E-state index in [4.69, 9.17) is 4.74 Å². The number of amides is 1. The van der Waals surface area contributed by atoms with Gasteiger partial charge in [0, 0.05) is 0 Å². The molecule has 1 aromatic rings. The van der Waals surface area contributed by atoms with E-state index in [9.17, 15) is 4.79 Å². The lowest BCUT2D eigenvalue weighted by atomic mass is 9.97. The van der Waals surface area contributed by atoms with Crippen LogP contribution in [0, 0.1) is 0 Å². The van der Waals surface area contributed by atoms with Gasteiger partial charge in [-0.3, -0.25) is 9.79 Å². The number of hydrogen-bond acceptors (Lipinski definition) is 4. The van der Waals surface area contributed by atoms with Crippen molar-refractivity contribution >= 4 is 22.7 Å². The summed E-state index contributed by atoms with van der Waals surface area (Å²) in [4.78, 5) is 17.2. The number of thioether (sulfide) groups is 1. The molecule has 1 N–H and O–H groups in total. The van der Waals surface area contributed by atoms with Gasteiger partial charge >= 0.3 is 0 Å². The number of carbonyl (C=O) groups excluding carboxylic acids is 1. The Bertz CT molecular complexity index is 864. The average Bonchev–Trinajstić information content (AvgIpc) is 2.80. The van der Waals surface area contributed by atoms with E-state index < -0.39 is 0 Å². The number of ether oxygens (including phenoxy) is 1. The smallest absolute Gasteiger partial charge is 0.225 e. The fraction of sp³-hybridized carbons (Fsp3) is 0.333. The number of nitrogens with one attached hydrogen (secondary N) is 1. The normalized spacial score (nSPS) is 13.4. The van der Waals surface area contributed by atoms with Crippen LogP contribution in [0.15, 0.2) is 90.0 Å². The van der Waals surface area contributed by atoms with E-state index in [2.05, 4.69) is 36.5 Å². The molecule has 0 aliphatic carbocycles. The number of nitrogens with zero attached hydrogens (tertiary/aromatic N) is 1. The second kappa shape index (κ2) is 15.9. The topological polar surface area (TPSA) is 50.7 Å². The highest BCUT2D eigenvalue weighted by molar-refractivity contribution is 8.13. The van der Waals surface area contributed by atoms with Gasteiger partial charge in [-0.15, -0.1) is 11.8 Å². The standard InChI is InChI=1S/C27H36N2O2S/c1-7-10-12-21(4)27(24(9-3)13-11-8-2)29-26(30)20-23-14-16-25(17-15-23)31-19-18-28-22(5)32-6/h7,9-17,27H,1,4,8,18-20H2,2-3,5-6H3,(H,29,30)/b12-10-,13-11-,24-9+,28-22?. The molecule has 0 spiro atoms. The van der Waals surface area contributed by atoms with E-state index in [1.165, 1.54) is 0 Å². The van der Waals surface area contributed by atoms with Crippen LogP contribution in [0.5, 0.6) is 5.75 Å². The minimum Gasteiger partial charge on any atom is -0.492 e. The quantitative estimate of drug-likeness (QED) is 0.171. The predicted octanol–water partition coefficient (Wildman–Crippen LogP) is 6.09. The van der Waals surface area contributed by atoms with Gasteiger partial charge in [-0.1, -0.05) is 68.7 Å². The third-order valence-corrected chi connectivity index (χ3v) is 5.33. The molecule has 0 radical (unpaired) electrons. The summed E-state index contributed by atoms with van der Waals surface area (Å²) in [7, 11) is 0. The number of rotatable bonds is 13. The van der Waals surface area contributed by atoms with E-state index in [0.717, 1.165) is 33.9 Å². The first kappa shape index (κ1) is 27.2. The fourth-order valence-corrected chi connectivity index (χ4v) is 3.04. The van der Waals surface area contributed by atoms with E-state index >= 15 is 0 Å².